The lowest BCUT2D eigenvalue weighted by Gasteiger charge is -2.14. The van der Waals surface area contributed by atoms with Crippen molar-refractivity contribution in [1.29, 1.82) is 0 Å². The fourth-order valence-corrected chi connectivity index (χ4v) is 2.96. The Kier molecular flexibility index (Phi) is 5.25. The number of benzene rings is 1. The van der Waals surface area contributed by atoms with E-state index in [0.29, 0.717) is 13.1 Å². The summed E-state index contributed by atoms with van der Waals surface area (Å²) in [6.07, 6.45) is 3.75. The van der Waals surface area contributed by atoms with Gasteiger partial charge in [-0.25, -0.2) is 0 Å². The molecule has 3 rings (SSSR count). The molecule has 0 saturated carbocycles. The highest BCUT2D eigenvalue weighted by Crippen LogP contribution is 2.25. The number of aromatic nitrogens is 2. The Hall–Kier alpha value is -2.83. The Balaban J connectivity index is 1.57. The van der Waals surface area contributed by atoms with Gasteiger partial charge in [-0.15, -0.1) is 0 Å². The van der Waals surface area contributed by atoms with Crippen LogP contribution in [0.2, 0.25) is 0 Å². The molecule has 1 aromatic heterocycles. The van der Waals surface area contributed by atoms with Gasteiger partial charge in [-0.2, -0.15) is 5.10 Å². The van der Waals surface area contributed by atoms with Crippen molar-refractivity contribution < 1.29 is 14.3 Å². The molecule has 2 aromatic rings. The molecule has 7 heteroatoms. The Morgan fingerprint density at radius 2 is 2.08 bits per heavy atom. The molecule has 1 N–H and O–H groups in total. The normalized spacial score (nSPS) is 17.0. The van der Waals surface area contributed by atoms with Gasteiger partial charge in [0.1, 0.15) is 5.75 Å². The molecular weight excluding hydrogens is 332 g/mol. The summed E-state index contributed by atoms with van der Waals surface area (Å²) >= 11 is 0. The van der Waals surface area contributed by atoms with Crippen molar-refractivity contribution >= 4 is 17.5 Å². The van der Waals surface area contributed by atoms with Gasteiger partial charge in [0.05, 0.1) is 24.9 Å². The van der Waals surface area contributed by atoms with E-state index in [-0.39, 0.29) is 30.2 Å². The Morgan fingerprint density at radius 1 is 1.35 bits per heavy atom. The van der Waals surface area contributed by atoms with Crippen LogP contribution >= 0.6 is 0 Å². The molecule has 1 aliphatic rings. The van der Waals surface area contributed by atoms with Crippen LogP contribution in [0.1, 0.15) is 31.9 Å². The Bertz CT molecular complexity index is 782. The average Bonchev–Trinajstić information content (AvgIpc) is 3.27. The van der Waals surface area contributed by atoms with Crippen LogP contribution in [-0.4, -0.2) is 35.2 Å². The molecule has 1 aliphatic heterocycles. The maximum Gasteiger partial charge on any atom is 0.227 e. The number of amides is 2. The molecule has 2 heterocycles. The first-order valence-corrected chi connectivity index (χ1v) is 8.73. The number of hydrogen-bond acceptors (Lipinski definition) is 4. The maximum atomic E-state index is 12.4. The number of carbonyl (C=O) groups is 2. The predicted octanol–water partition coefficient (Wildman–Crippen LogP) is 2.14. The van der Waals surface area contributed by atoms with E-state index in [1.807, 2.05) is 44.3 Å². The monoisotopic (exact) mass is 356 g/mol. The van der Waals surface area contributed by atoms with E-state index in [0.717, 1.165) is 17.0 Å². The second-order valence-corrected chi connectivity index (χ2v) is 6.74. The van der Waals surface area contributed by atoms with Crippen LogP contribution in [0.25, 0.3) is 0 Å². The molecule has 0 bridgehead atoms. The number of hydrogen-bond donors (Lipinski definition) is 1. The molecule has 1 saturated heterocycles. The van der Waals surface area contributed by atoms with Crippen LogP contribution in [0.4, 0.5) is 5.69 Å². The minimum atomic E-state index is -0.344. The van der Waals surface area contributed by atoms with E-state index >= 15 is 0 Å². The quantitative estimate of drug-likeness (QED) is 0.860. The molecule has 0 spiro atoms. The van der Waals surface area contributed by atoms with Gasteiger partial charge in [0.25, 0.3) is 0 Å². The second-order valence-electron chi connectivity index (χ2n) is 6.74. The van der Waals surface area contributed by atoms with Gasteiger partial charge < -0.3 is 15.0 Å². The first-order chi connectivity index (χ1) is 12.5. The van der Waals surface area contributed by atoms with Gasteiger partial charge in [0, 0.05) is 31.7 Å². The minimum absolute atomic E-state index is 0.0436. The summed E-state index contributed by atoms with van der Waals surface area (Å²) in [5, 5.41) is 7.18. The van der Waals surface area contributed by atoms with Crippen molar-refractivity contribution in [1.82, 2.24) is 15.1 Å². The minimum Gasteiger partial charge on any atom is -0.497 e. The lowest BCUT2D eigenvalue weighted by Crippen LogP contribution is -2.32. The molecule has 0 unspecified atom stereocenters. The zero-order chi connectivity index (χ0) is 18.7. The topological polar surface area (TPSA) is 76.5 Å². The fraction of sp³-hybridized carbons (Fsp3) is 0.421. The fourth-order valence-electron chi connectivity index (χ4n) is 2.96. The number of carbonyl (C=O) groups excluding carboxylic acids is 2. The molecule has 1 atom stereocenters. The molecule has 1 fully saturated rings. The van der Waals surface area contributed by atoms with Crippen LogP contribution in [0.3, 0.4) is 0 Å². The highest BCUT2D eigenvalue weighted by molar-refractivity contribution is 6.00. The number of anilines is 1. The zero-order valence-electron chi connectivity index (χ0n) is 15.3. The van der Waals surface area contributed by atoms with Gasteiger partial charge in [0.2, 0.25) is 11.8 Å². The summed E-state index contributed by atoms with van der Waals surface area (Å²) in [5.74, 6) is 0.285. The van der Waals surface area contributed by atoms with Gasteiger partial charge >= 0.3 is 0 Å². The highest BCUT2D eigenvalue weighted by Gasteiger charge is 2.35. The van der Waals surface area contributed by atoms with Crippen LogP contribution in [0, 0.1) is 5.92 Å². The zero-order valence-corrected chi connectivity index (χ0v) is 15.3. The summed E-state index contributed by atoms with van der Waals surface area (Å²) in [5.41, 5.74) is 1.73. The van der Waals surface area contributed by atoms with Crippen LogP contribution in [0.5, 0.6) is 5.75 Å². The maximum absolute atomic E-state index is 12.4. The average molecular weight is 356 g/mol. The van der Waals surface area contributed by atoms with Crippen molar-refractivity contribution in [2.24, 2.45) is 5.92 Å². The predicted molar refractivity (Wildman–Crippen MR) is 97.9 cm³/mol. The van der Waals surface area contributed by atoms with Crippen molar-refractivity contribution in [2.45, 2.75) is 32.9 Å². The Morgan fingerprint density at radius 3 is 2.69 bits per heavy atom. The summed E-state index contributed by atoms with van der Waals surface area (Å²) in [7, 11) is 1.62. The second kappa shape index (κ2) is 7.59. The Labute approximate surface area is 152 Å². The third kappa shape index (κ3) is 3.87. The summed E-state index contributed by atoms with van der Waals surface area (Å²) in [4.78, 5) is 26.4. The van der Waals surface area contributed by atoms with E-state index in [4.69, 9.17) is 4.74 Å². The largest absolute Gasteiger partial charge is 0.497 e. The molecule has 138 valence electrons. The van der Waals surface area contributed by atoms with Crippen molar-refractivity contribution in [3.63, 3.8) is 0 Å². The van der Waals surface area contributed by atoms with Crippen molar-refractivity contribution in [3.8, 4) is 5.75 Å². The van der Waals surface area contributed by atoms with E-state index in [9.17, 15) is 9.59 Å². The molecule has 1 aromatic carbocycles. The molecule has 7 nitrogen and oxygen atoms in total. The lowest BCUT2D eigenvalue weighted by molar-refractivity contribution is -0.126. The summed E-state index contributed by atoms with van der Waals surface area (Å²) < 4.78 is 6.93. The molecule has 26 heavy (non-hydrogen) atoms. The van der Waals surface area contributed by atoms with Crippen LogP contribution < -0.4 is 15.0 Å². The van der Waals surface area contributed by atoms with Gasteiger partial charge in [-0.05, 0) is 31.5 Å². The highest BCUT2D eigenvalue weighted by atomic mass is 16.5. The SMILES string of the molecule is COc1ccc(CNC(=O)[C@@H]2CC(=O)N(c3cnn(C(C)C)c3)C2)cc1. The number of rotatable bonds is 6. The van der Waals surface area contributed by atoms with Crippen LogP contribution in [-0.2, 0) is 16.1 Å². The number of ether oxygens (including phenoxy) is 1. The summed E-state index contributed by atoms with van der Waals surface area (Å²) in [6.45, 7) is 4.87. The molecule has 2 amide bonds. The number of methoxy groups -OCH3 is 1. The standard InChI is InChI=1S/C19H24N4O3/c1-13(2)23-12-16(10-21-23)22-11-15(8-18(22)24)19(25)20-9-14-4-6-17(26-3)7-5-14/h4-7,10,12-13,15H,8-9,11H2,1-3H3,(H,20,25)/t15-/m1/s1. The number of nitrogens with zero attached hydrogens (tertiary/aromatic N) is 3. The third-order valence-corrected chi connectivity index (χ3v) is 4.55. The molecule has 0 aliphatic carbocycles. The van der Waals surface area contributed by atoms with Gasteiger partial charge in [-0.3, -0.25) is 14.3 Å². The van der Waals surface area contributed by atoms with E-state index in [1.165, 1.54) is 0 Å². The first-order valence-electron chi connectivity index (χ1n) is 8.73. The van der Waals surface area contributed by atoms with E-state index < -0.39 is 0 Å². The van der Waals surface area contributed by atoms with Crippen molar-refractivity contribution in [3.05, 3.63) is 42.2 Å². The number of nitrogens with one attached hydrogen (secondary N) is 1. The van der Waals surface area contributed by atoms with Gasteiger partial charge in [-0.1, -0.05) is 12.1 Å². The first kappa shape index (κ1) is 18.0. The molecule has 0 radical (unpaired) electrons. The van der Waals surface area contributed by atoms with Gasteiger partial charge in [0.15, 0.2) is 0 Å². The third-order valence-electron chi connectivity index (χ3n) is 4.55. The van der Waals surface area contributed by atoms with Crippen LogP contribution in [0.15, 0.2) is 36.7 Å². The van der Waals surface area contributed by atoms with Crippen molar-refractivity contribution in [2.75, 3.05) is 18.6 Å². The molecular formula is C19H24N4O3. The van der Waals surface area contributed by atoms with E-state index in [1.54, 1.807) is 22.9 Å². The lowest BCUT2D eigenvalue weighted by atomic mass is 10.1. The van der Waals surface area contributed by atoms with E-state index in [2.05, 4.69) is 10.4 Å². The smallest absolute Gasteiger partial charge is 0.227 e. The summed E-state index contributed by atoms with van der Waals surface area (Å²) in [6, 6.07) is 7.76.